The summed E-state index contributed by atoms with van der Waals surface area (Å²) in [6, 6.07) is 16.8. The summed E-state index contributed by atoms with van der Waals surface area (Å²) in [5.41, 5.74) is 2.36. The van der Waals surface area contributed by atoms with Crippen molar-refractivity contribution >= 4 is 38.5 Å². The predicted octanol–water partition coefficient (Wildman–Crippen LogP) is 4.71. The van der Waals surface area contributed by atoms with Gasteiger partial charge in [-0.2, -0.15) is 9.40 Å². The molecule has 4 aromatic rings. The van der Waals surface area contributed by atoms with Gasteiger partial charge in [0.05, 0.1) is 23.0 Å². The lowest BCUT2D eigenvalue weighted by molar-refractivity contribution is 0.383. The number of nitrogens with zero attached hydrogens (tertiary/aromatic N) is 6. The molecule has 1 aliphatic rings. The number of hydrogen-bond donors (Lipinski definition) is 0. The van der Waals surface area contributed by atoms with Crippen molar-refractivity contribution in [1.82, 2.24) is 24.1 Å². The van der Waals surface area contributed by atoms with Crippen LogP contribution in [0.15, 0.2) is 60.8 Å². The summed E-state index contributed by atoms with van der Waals surface area (Å²) in [7, 11) is -3.40. The summed E-state index contributed by atoms with van der Waals surface area (Å²) in [5, 5.41) is 6.09. The van der Waals surface area contributed by atoms with Gasteiger partial charge >= 0.3 is 0 Å². The molecule has 5 rings (SSSR count). The Morgan fingerprint density at radius 2 is 1.73 bits per heavy atom. The van der Waals surface area contributed by atoms with Gasteiger partial charge < -0.3 is 4.90 Å². The number of anilines is 1. The summed E-state index contributed by atoms with van der Waals surface area (Å²) in [4.78, 5) is 12.0. The molecule has 37 heavy (non-hydrogen) atoms. The first-order chi connectivity index (χ1) is 17.8. The van der Waals surface area contributed by atoms with Crippen molar-refractivity contribution < 1.29 is 8.42 Å². The van der Waals surface area contributed by atoms with Crippen LogP contribution < -0.4 is 4.90 Å². The maximum atomic E-state index is 13.1. The lowest BCUT2D eigenvalue weighted by Crippen LogP contribution is -2.49. The van der Waals surface area contributed by atoms with E-state index in [2.05, 4.69) is 23.8 Å². The van der Waals surface area contributed by atoms with Crippen LogP contribution in [0.1, 0.15) is 31.7 Å². The average Bonchev–Trinajstić information content (AvgIpc) is 3.31. The first kappa shape index (κ1) is 25.6. The normalized spacial score (nSPS) is 15.1. The summed E-state index contributed by atoms with van der Waals surface area (Å²) in [6.45, 7) is 6.28. The topological polar surface area (TPSA) is 84.2 Å². The Bertz CT molecular complexity index is 1480. The number of fused-ring (bicyclic) bond motifs is 1. The van der Waals surface area contributed by atoms with Crippen molar-refractivity contribution in [1.29, 1.82) is 0 Å². The molecule has 8 nitrogen and oxygen atoms in total. The number of hydrogen-bond acceptors (Lipinski definition) is 6. The Kier molecular flexibility index (Phi) is 7.46. The van der Waals surface area contributed by atoms with Crippen molar-refractivity contribution in [2.75, 3.05) is 31.1 Å². The fourth-order valence-electron chi connectivity index (χ4n) is 4.56. The van der Waals surface area contributed by atoms with E-state index >= 15 is 0 Å². The van der Waals surface area contributed by atoms with Gasteiger partial charge in [-0.05, 0) is 36.1 Å². The first-order valence-electron chi connectivity index (χ1n) is 12.6. The summed E-state index contributed by atoms with van der Waals surface area (Å²) >= 11 is 6.25. The van der Waals surface area contributed by atoms with Crippen LogP contribution in [0.25, 0.3) is 16.7 Å². The molecular formula is C27H31ClN6O2S. The highest BCUT2D eigenvalue weighted by molar-refractivity contribution is 7.88. The van der Waals surface area contributed by atoms with Crippen LogP contribution in [0, 0.1) is 5.92 Å². The molecule has 3 heterocycles. The second-order valence-electron chi connectivity index (χ2n) is 9.80. The summed E-state index contributed by atoms with van der Waals surface area (Å²) in [6.07, 6.45) is 3.52. The van der Waals surface area contributed by atoms with Gasteiger partial charge in [-0.1, -0.05) is 61.8 Å². The second kappa shape index (κ2) is 10.8. The number of aryl methyl sites for hydroxylation is 1. The van der Waals surface area contributed by atoms with Crippen molar-refractivity contribution in [2.45, 2.75) is 32.4 Å². The van der Waals surface area contributed by atoms with E-state index in [-0.39, 0.29) is 5.75 Å². The average molecular weight is 539 g/mol. The monoisotopic (exact) mass is 538 g/mol. The number of aromatic nitrogens is 4. The van der Waals surface area contributed by atoms with E-state index in [0.717, 1.165) is 46.8 Å². The van der Waals surface area contributed by atoms with Gasteiger partial charge in [0.2, 0.25) is 10.0 Å². The molecule has 0 spiro atoms. The Balaban J connectivity index is 1.43. The van der Waals surface area contributed by atoms with Crippen LogP contribution in [0.3, 0.4) is 0 Å². The Morgan fingerprint density at radius 1 is 0.973 bits per heavy atom. The summed E-state index contributed by atoms with van der Waals surface area (Å²) < 4.78 is 29.5. The van der Waals surface area contributed by atoms with Gasteiger partial charge in [0.15, 0.2) is 5.65 Å². The van der Waals surface area contributed by atoms with Gasteiger partial charge in [0, 0.05) is 37.6 Å². The van der Waals surface area contributed by atoms with Crippen molar-refractivity contribution in [3.8, 4) is 5.69 Å². The molecule has 1 aliphatic heterocycles. The number of sulfonamides is 1. The van der Waals surface area contributed by atoms with E-state index in [1.807, 2.05) is 54.6 Å². The molecule has 0 saturated carbocycles. The van der Waals surface area contributed by atoms with Crippen molar-refractivity contribution in [3.05, 3.63) is 77.2 Å². The van der Waals surface area contributed by atoms with Crippen molar-refractivity contribution in [3.63, 3.8) is 0 Å². The van der Waals surface area contributed by atoms with Crippen molar-refractivity contribution in [2.24, 2.45) is 5.92 Å². The Labute approximate surface area is 223 Å². The fourth-order valence-corrected chi connectivity index (χ4v) is 6.26. The molecule has 0 N–H and O–H groups in total. The number of piperazine rings is 1. The molecule has 1 fully saturated rings. The minimum absolute atomic E-state index is 0.0113. The molecule has 0 aliphatic carbocycles. The van der Waals surface area contributed by atoms with Gasteiger partial charge in [-0.3, -0.25) is 0 Å². The molecule has 1 saturated heterocycles. The van der Waals surface area contributed by atoms with E-state index < -0.39 is 10.0 Å². The minimum atomic E-state index is -3.40. The Morgan fingerprint density at radius 3 is 2.43 bits per heavy atom. The maximum Gasteiger partial charge on any atom is 0.218 e. The van der Waals surface area contributed by atoms with E-state index in [9.17, 15) is 8.42 Å². The minimum Gasteiger partial charge on any atom is -0.353 e. The van der Waals surface area contributed by atoms with Crippen LogP contribution in [0.5, 0.6) is 0 Å². The van der Waals surface area contributed by atoms with Crippen LogP contribution >= 0.6 is 11.6 Å². The van der Waals surface area contributed by atoms with Crippen LogP contribution in [0.2, 0.25) is 5.02 Å². The lowest BCUT2D eigenvalue weighted by atomic mass is 10.1. The molecule has 194 valence electrons. The van der Waals surface area contributed by atoms with Crippen LogP contribution in [0.4, 0.5) is 5.82 Å². The van der Waals surface area contributed by atoms with Gasteiger partial charge in [0.25, 0.3) is 0 Å². The first-order valence-corrected chi connectivity index (χ1v) is 14.6. The Hall–Kier alpha value is -3.01. The zero-order valence-corrected chi connectivity index (χ0v) is 22.7. The highest BCUT2D eigenvalue weighted by Gasteiger charge is 2.29. The quantitative estimate of drug-likeness (QED) is 0.323. The molecular weight excluding hydrogens is 508 g/mol. The molecule has 0 radical (unpaired) electrons. The molecule has 0 unspecified atom stereocenters. The SMILES string of the molecule is CC(C)CCc1nc(N2CCN(S(=O)(=O)Cc3ccccc3)CC2)c2cnn(-c3cccc(Cl)c3)c2n1. The molecule has 0 amide bonds. The molecule has 0 bridgehead atoms. The fraction of sp³-hybridized carbons (Fsp3) is 0.370. The standard InChI is InChI=1S/C27H31ClN6O2S/c1-20(2)11-12-25-30-26(24-18-29-34(27(24)31-25)23-10-6-9-22(28)17-23)32-13-15-33(16-14-32)37(35,36)19-21-7-4-3-5-8-21/h3-10,17-18,20H,11-16,19H2,1-2H3. The van der Waals surface area contributed by atoms with E-state index in [1.165, 1.54) is 0 Å². The van der Waals surface area contributed by atoms with E-state index in [0.29, 0.717) is 37.1 Å². The smallest absolute Gasteiger partial charge is 0.218 e. The predicted molar refractivity (Wildman–Crippen MR) is 148 cm³/mol. The maximum absolute atomic E-state index is 13.1. The third-order valence-electron chi connectivity index (χ3n) is 6.58. The van der Waals surface area contributed by atoms with Gasteiger partial charge in [-0.15, -0.1) is 0 Å². The van der Waals surface area contributed by atoms with Crippen LogP contribution in [-0.2, 0) is 22.2 Å². The van der Waals surface area contributed by atoms with Gasteiger partial charge in [-0.25, -0.2) is 23.1 Å². The zero-order chi connectivity index (χ0) is 26.0. The molecule has 2 aromatic heterocycles. The highest BCUT2D eigenvalue weighted by atomic mass is 35.5. The van der Waals surface area contributed by atoms with E-state index in [1.54, 1.807) is 15.2 Å². The number of halogens is 1. The molecule has 0 atom stereocenters. The number of benzene rings is 2. The third-order valence-corrected chi connectivity index (χ3v) is 8.66. The number of rotatable bonds is 8. The molecule has 2 aromatic carbocycles. The summed E-state index contributed by atoms with van der Waals surface area (Å²) in [5.74, 6) is 2.10. The third kappa shape index (κ3) is 5.79. The highest BCUT2D eigenvalue weighted by Crippen LogP contribution is 2.28. The largest absolute Gasteiger partial charge is 0.353 e. The molecule has 10 heteroatoms. The zero-order valence-electron chi connectivity index (χ0n) is 21.1. The van der Waals surface area contributed by atoms with Crippen LogP contribution in [-0.4, -0.2) is 58.7 Å². The van der Waals surface area contributed by atoms with E-state index in [4.69, 9.17) is 21.6 Å². The van der Waals surface area contributed by atoms with Gasteiger partial charge in [0.1, 0.15) is 11.6 Å². The lowest BCUT2D eigenvalue weighted by Gasteiger charge is -2.35. The second-order valence-corrected chi connectivity index (χ2v) is 12.2.